The predicted octanol–water partition coefficient (Wildman–Crippen LogP) is 3.06. The summed E-state index contributed by atoms with van der Waals surface area (Å²) < 4.78 is 53.5. The van der Waals surface area contributed by atoms with E-state index < -0.39 is 31.9 Å². The van der Waals surface area contributed by atoms with Crippen molar-refractivity contribution in [2.24, 2.45) is 5.92 Å². The zero-order valence-corrected chi connectivity index (χ0v) is 18.1. The van der Waals surface area contributed by atoms with Crippen LogP contribution in [0.4, 0.5) is 10.8 Å². The lowest BCUT2D eigenvalue weighted by atomic mass is 10.2. The van der Waals surface area contributed by atoms with Gasteiger partial charge in [-0.05, 0) is 42.5 Å². The molecule has 1 aliphatic rings. The van der Waals surface area contributed by atoms with E-state index in [1.54, 1.807) is 18.2 Å². The molecule has 2 aromatic carbocycles. The fourth-order valence-electron chi connectivity index (χ4n) is 2.96. The van der Waals surface area contributed by atoms with Crippen LogP contribution in [0.15, 0.2) is 47.4 Å². The highest BCUT2D eigenvalue weighted by Crippen LogP contribution is 2.31. The van der Waals surface area contributed by atoms with Crippen LogP contribution in [0.2, 0.25) is 5.02 Å². The number of sulfonamides is 2. The number of thiazole rings is 1. The molecule has 29 heavy (non-hydrogen) atoms. The molecule has 8 nitrogen and oxygen atoms in total. The highest BCUT2D eigenvalue weighted by molar-refractivity contribution is 7.94. The Hall–Kier alpha value is -2.21. The van der Waals surface area contributed by atoms with Crippen LogP contribution in [0.5, 0.6) is 0 Å². The van der Waals surface area contributed by atoms with E-state index in [1.807, 2.05) is 0 Å². The molecule has 2 heterocycles. The summed E-state index contributed by atoms with van der Waals surface area (Å²) in [6.45, 7) is 1.54. The van der Waals surface area contributed by atoms with Crippen molar-refractivity contribution in [1.82, 2.24) is 4.98 Å². The largest absolute Gasteiger partial charge is 0.273 e. The van der Waals surface area contributed by atoms with Gasteiger partial charge in [0.2, 0.25) is 15.9 Å². The molecule has 12 heteroatoms. The smallest absolute Gasteiger partial charge is 0.263 e. The molecule has 1 unspecified atom stereocenters. The van der Waals surface area contributed by atoms with E-state index in [2.05, 4.69) is 9.71 Å². The number of rotatable bonds is 4. The topological polar surface area (TPSA) is 114 Å². The summed E-state index contributed by atoms with van der Waals surface area (Å²) in [6.07, 6.45) is 0. The molecule has 1 aromatic heterocycles. The van der Waals surface area contributed by atoms with Crippen LogP contribution in [0.25, 0.3) is 10.2 Å². The third-order valence-electron chi connectivity index (χ3n) is 4.31. The van der Waals surface area contributed by atoms with Gasteiger partial charge in [-0.1, -0.05) is 29.9 Å². The summed E-state index contributed by atoms with van der Waals surface area (Å²) in [6, 6.07) is 10.1. The average molecular weight is 472 g/mol. The first kappa shape index (κ1) is 20.1. The van der Waals surface area contributed by atoms with Crippen molar-refractivity contribution < 1.29 is 21.6 Å². The number of halogens is 1. The summed E-state index contributed by atoms with van der Waals surface area (Å²) >= 11 is 7.07. The summed E-state index contributed by atoms with van der Waals surface area (Å²) in [5.74, 6) is -1.45. The number of nitrogens with one attached hydrogen (secondary N) is 1. The van der Waals surface area contributed by atoms with Crippen LogP contribution in [-0.4, -0.2) is 33.5 Å². The van der Waals surface area contributed by atoms with E-state index >= 15 is 0 Å². The third kappa shape index (κ3) is 3.70. The van der Waals surface area contributed by atoms with Gasteiger partial charge in [0.25, 0.3) is 10.0 Å². The SMILES string of the molecule is CC1CS(=O)(=O)N(c2ccc(S(=O)(=O)Nc3nc4ccc(Cl)cc4s3)cc2)C1=O. The second kappa shape index (κ2) is 6.94. The van der Waals surface area contributed by atoms with Crippen molar-refractivity contribution in [3.8, 4) is 0 Å². The third-order valence-corrected chi connectivity index (χ3v) is 8.84. The van der Waals surface area contributed by atoms with Crippen molar-refractivity contribution in [2.45, 2.75) is 11.8 Å². The number of anilines is 2. The lowest BCUT2D eigenvalue weighted by molar-refractivity contribution is -0.119. The Kier molecular flexibility index (Phi) is 4.80. The number of carbonyl (C=O) groups excluding carboxylic acids is 1. The highest BCUT2D eigenvalue weighted by atomic mass is 35.5. The van der Waals surface area contributed by atoms with Crippen LogP contribution in [0.1, 0.15) is 6.92 Å². The molecule has 152 valence electrons. The van der Waals surface area contributed by atoms with Gasteiger partial charge < -0.3 is 0 Å². The van der Waals surface area contributed by atoms with Crippen LogP contribution < -0.4 is 9.03 Å². The summed E-state index contributed by atoms with van der Waals surface area (Å²) in [5, 5.41) is 0.698. The zero-order chi connectivity index (χ0) is 21.0. The van der Waals surface area contributed by atoms with Crippen molar-refractivity contribution in [3.05, 3.63) is 47.5 Å². The molecule has 0 aliphatic carbocycles. The van der Waals surface area contributed by atoms with Crippen LogP contribution in [-0.2, 0) is 24.8 Å². The van der Waals surface area contributed by atoms with Gasteiger partial charge in [-0.3, -0.25) is 9.52 Å². The van der Waals surface area contributed by atoms with Gasteiger partial charge in [0.05, 0.1) is 32.5 Å². The fraction of sp³-hybridized carbons (Fsp3) is 0.176. The first-order valence-corrected chi connectivity index (χ1v) is 12.6. The second-order valence-electron chi connectivity index (χ2n) is 6.51. The number of nitrogens with zero attached hydrogens (tertiary/aromatic N) is 2. The Morgan fingerprint density at radius 1 is 1.21 bits per heavy atom. The first-order chi connectivity index (χ1) is 13.6. The molecule has 0 bridgehead atoms. The van der Waals surface area contributed by atoms with E-state index in [9.17, 15) is 21.6 Å². The molecular weight excluding hydrogens is 458 g/mol. The van der Waals surface area contributed by atoms with E-state index in [-0.39, 0.29) is 21.5 Å². The Morgan fingerprint density at radius 3 is 2.52 bits per heavy atom. The number of benzene rings is 2. The van der Waals surface area contributed by atoms with Gasteiger partial charge in [-0.25, -0.2) is 26.1 Å². The van der Waals surface area contributed by atoms with Gasteiger partial charge in [-0.2, -0.15) is 0 Å². The molecular formula is C17H14ClN3O5S3. The normalized spacial score (nSPS) is 19.0. The number of aromatic nitrogens is 1. The summed E-state index contributed by atoms with van der Waals surface area (Å²) in [7, 11) is -7.71. The van der Waals surface area contributed by atoms with Crippen molar-refractivity contribution in [3.63, 3.8) is 0 Å². The highest BCUT2D eigenvalue weighted by Gasteiger charge is 2.42. The van der Waals surface area contributed by atoms with Gasteiger partial charge in [-0.15, -0.1) is 0 Å². The molecule has 1 amide bonds. The Bertz CT molecular complexity index is 1330. The van der Waals surface area contributed by atoms with Gasteiger partial charge in [0.15, 0.2) is 5.13 Å². The fourth-order valence-corrected chi connectivity index (χ4v) is 7.16. The minimum Gasteiger partial charge on any atom is -0.273 e. The minimum absolute atomic E-state index is 0.0874. The maximum Gasteiger partial charge on any atom is 0.263 e. The van der Waals surface area contributed by atoms with Crippen molar-refractivity contribution >= 4 is 69.9 Å². The van der Waals surface area contributed by atoms with Crippen molar-refractivity contribution in [1.29, 1.82) is 0 Å². The van der Waals surface area contributed by atoms with Crippen LogP contribution in [0.3, 0.4) is 0 Å². The standard InChI is InChI=1S/C17H14ClN3O5S3/c1-10-9-28(23,24)21(16(10)22)12-3-5-13(6-4-12)29(25,26)20-17-19-14-7-2-11(18)8-15(14)27-17/h2-8,10H,9H2,1H3,(H,19,20). The Morgan fingerprint density at radius 2 is 1.90 bits per heavy atom. The van der Waals surface area contributed by atoms with Crippen molar-refractivity contribution in [2.75, 3.05) is 14.8 Å². The van der Waals surface area contributed by atoms with E-state index in [1.165, 1.54) is 31.2 Å². The van der Waals surface area contributed by atoms with Gasteiger partial charge >= 0.3 is 0 Å². The second-order valence-corrected chi connectivity index (χ2v) is 11.5. The molecule has 0 saturated carbocycles. The average Bonchev–Trinajstić information content (AvgIpc) is 3.10. The minimum atomic E-state index is -3.95. The monoisotopic (exact) mass is 471 g/mol. The van der Waals surface area contributed by atoms with Crippen LogP contribution >= 0.6 is 22.9 Å². The Labute approximate surface area is 176 Å². The lowest BCUT2D eigenvalue weighted by Crippen LogP contribution is -2.30. The maximum absolute atomic E-state index is 12.7. The number of amides is 1. The number of hydrogen-bond acceptors (Lipinski definition) is 7. The number of carbonyl (C=O) groups is 1. The molecule has 1 fully saturated rings. The predicted molar refractivity (Wildman–Crippen MR) is 112 cm³/mol. The lowest BCUT2D eigenvalue weighted by Gasteiger charge is -2.15. The summed E-state index contributed by atoms with van der Waals surface area (Å²) in [5.41, 5.74) is 0.715. The molecule has 1 aliphatic heterocycles. The number of fused-ring (bicyclic) bond motifs is 1. The maximum atomic E-state index is 12.7. The number of hydrogen-bond donors (Lipinski definition) is 1. The summed E-state index contributed by atoms with van der Waals surface area (Å²) in [4.78, 5) is 16.3. The molecule has 1 N–H and O–H groups in total. The van der Waals surface area contributed by atoms with E-state index in [0.29, 0.717) is 10.5 Å². The van der Waals surface area contributed by atoms with E-state index in [4.69, 9.17) is 11.6 Å². The molecule has 1 saturated heterocycles. The van der Waals surface area contributed by atoms with Gasteiger partial charge in [0, 0.05) is 5.02 Å². The molecule has 0 radical (unpaired) electrons. The molecule has 4 rings (SSSR count). The quantitative estimate of drug-likeness (QED) is 0.625. The first-order valence-electron chi connectivity index (χ1n) is 8.33. The van der Waals surface area contributed by atoms with E-state index in [0.717, 1.165) is 20.3 Å². The van der Waals surface area contributed by atoms with Crippen LogP contribution in [0, 0.1) is 5.92 Å². The molecule has 0 spiro atoms. The van der Waals surface area contributed by atoms with Gasteiger partial charge in [0.1, 0.15) is 0 Å². The molecule has 1 atom stereocenters. The molecule has 3 aromatic rings. The zero-order valence-electron chi connectivity index (χ0n) is 14.9. The Balaban J connectivity index is 1.61.